The van der Waals surface area contributed by atoms with Crippen LogP contribution in [0.2, 0.25) is 0 Å². The third kappa shape index (κ3) is 4.23. The standard InChI is InChI=1S/C22H33N3O2S/c1-28-22-23-13-18(20(25-22)15-6-2-3-7-15)21(27)24-19-16-8-4-5-14(11-16)12-17(19)9-10-26/h13-17,19,26H,2-12H2,1H3,(H,24,27). The maximum absolute atomic E-state index is 13.3. The van der Waals surface area contributed by atoms with Gasteiger partial charge in [0.1, 0.15) is 0 Å². The summed E-state index contributed by atoms with van der Waals surface area (Å²) >= 11 is 1.53. The number of aliphatic hydroxyl groups excluding tert-OH is 1. The van der Waals surface area contributed by atoms with Gasteiger partial charge in [-0.15, -0.1) is 0 Å². The van der Waals surface area contributed by atoms with Crippen molar-refractivity contribution in [2.75, 3.05) is 12.9 Å². The average molecular weight is 404 g/mol. The molecule has 3 fully saturated rings. The highest BCUT2D eigenvalue weighted by Crippen LogP contribution is 2.44. The predicted octanol–water partition coefficient (Wildman–Crippen LogP) is 4.16. The molecule has 0 saturated heterocycles. The molecule has 3 aliphatic rings. The summed E-state index contributed by atoms with van der Waals surface area (Å²) in [6.45, 7) is 0.204. The van der Waals surface area contributed by atoms with Crippen molar-refractivity contribution < 1.29 is 9.90 Å². The highest BCUT2D eigenvalue weighted by atomic mass is 32.2. The maximum atomic E-state index is 13.3. The number of carbonyl (C=O) groups excluding carboxylic acids is 1. The molecular formula is C22H33N3O2S. The van der Waals surface area contributed by atoms with Crippen LogP contribution in [0.3, 0.4) is 0 Å². The first-order valence-electron chi connectivity index (χ1n) is 11.0. The summed E-state index contributed by atoms with van der Waals surface area (Å²) in [5, 5.41) is 13.7. The Morgan fingerprint density at radius 3 is 2.79 bits per heavy atom. The number of thioether (sulfide) groups is 1. The van der Waals surface area contributed by atoms with Crippen LogP contribution in [-0.4, -0.2) is 39.9 Å². The van der Waals surface area contributed by atoms with Gasteiger partial charge >= 0.3 is 0 Å². The van der Waals surface area contributed by atoms with Crippen molar-refractivity contribution in [3.8, 4) is 0 Å². The third-order valence-corrected chi connectivity index (χ3v) is 7.80. The number of fused-ring (bicyclic) bond motifs is 2. The molecule has 4 rings (SSSR count). The van der Waals surface area contributed by atoms with Crippen molar-refractivity contribution >= 4 is 17.7 Å². The molecule has 1 aromatic rings. The molecule has 4 atom stereocenters. The first-order chi connectivity index (χ1) is 13.7. The molecular weight excluding hydrogens is 370 g/mol. The van der Waals surface area contributed by atoms with Gasteiger partial charge in [0.2, 0.25) is 0 Å². The zero-order valence-corrected chi connectivity index (χ0v) is 17.7. The van der Waals surface area contributed by atoms with Gasteiger partial charge in [-0.1, -0.05) is 37.4 Å². The van der Waals surface area contributed by atoms with E-state index in [4.69, 9.17) is 4.98 Å². The normalized spacial score (nSPS) is 30.4. The number of hydrogen-bond donors (Lipinski definition) is 2. The SMILES string of the molecule is CSc1ncc(C(=O)NC2C(CCO)CC3CCCC2C3)c(C2CCCC2)n1. The summed E-state index contributed by atoms with van der Waals surface area (Å²) in [6.07, 6.45) is 15.3. The second-order valence-electron chi connectivity index (χ2n) is 8.94. The van der Waals surface area contributed by atoms with E-state index in [1.807, 2.05) is 6.26 Å². The van der Waals surface area contributed by atoms with Crippen molar-refractivity contribution in [3.05, 3.63) is 17.5 Å². The number of carbonyl (C=O) groups is 1. The Morgan fingerprint density at radius 1 is 1.21 bits per heavy atom. The maximum Gasteiger partial charge on any atom is 0.254 e. The van der Waals surface area contributed by atoms with Gasteiger partial charge in [-0.2, -0.15) is 0 Å². The molecule has 0 aliphatic heterocycles. The summed E-state index contributed by atoms with van der Waals surface area (Å²) in [4.78, 5) is 22.5. The van der Waals surface area contributed by atoms with Gasteiger partial charge in [-0.05, 0) is 62.5 Å². The van der Waals surface area contributed by atoms with Crippen LogP contribution in [-0.2, 0) is 0 Å². The number of amides is 1. The zero-order chi connectivity index (χ0) is 19.5. The number of rotatable bonds is 6. The Kier molecular flexibility index (Phi) is 6.56. The lowest BCUT2D eigenvalue weighted by atomic mass is 9.64. The van der Waals surface area contributed by atoms with Crippen molar-refractivity contribution in [3.63, 3.8) is 0 Å². The van der Waals surface area contributed by atoms with E-state index in [0.29, 0.717) is 23.3 Å². The molecule has 0 radical (unpaired) electrons. The fraction of sp³-hybridized carbons (Fsp3) is 0.773. The third-order valence-electron chi connectivity index (χ3n) is 7.24. The molecule has 154 valence electrons. The monoisotopic (exact) mass is 403 g/mol. The lowest BCUT2D eigenvalue weighted by Gasteiger charge is -2.45. The van der Waals surface area contributed by atoms with Gasteiger partial charge in [0.05, 0.1) is 11.3 Å². The molecule has 0 aromatic carbocycles. The van der Waals surface area contributed by atoms with E-state index in [-0.39, 0.29) is 18.6 Å². The zero-order valence-electron chi connectivity index (χ0n) is 16.9. The smallest absolute Gasteiger partial charge is 0.254 e. The number of aromatic nitrogens is 2. The van der Waals surface area contributed by atoms with E-state index in [9.17, 15) is 9.90 Å². The summed E-state index contributed by atoms with van der Waals surface area (Å²) < 4.78 is 0. The minimum atomic E-state index is -0.00786. The van der Waals surface area contributed by atoms with Crippen LogP contribution in [0.5, 0.6) is 0 Å². The Labute approximate surface area is 172 Å². The summed E-state index contributed by atoms with van der Waals surface area (Å²) in [6, 6.07) is 0.174. The van der Waals surface area contributed by atoms with E-state index < -0.39 is 0 Å². The van der Waals surface area contributed by atoms with Crippen molar-refractivity contribution in [2.24, 2.45) is 17.8 Å². The first kappa shape index (κ1) is 20.1. The fourth-order valence-corrected chi connectivity index (χ4v) is 6.27. The molecule has 5 nitrogen and oxygen atoms in total. The molecule has 2 bridgehead atoms. The summed E-state index contributed by atoms with van der Waals surface area (Å²) in [7, 11) is 0. The highest BCUT2D eigenvalue weighted by Gasteiger charge is 2.40. The van der Waals surface area contributed by atoms with E-state index in [0.717, 1.165) is 42.5 Å². The van der Waals surface area contributed by atoms with Crippen LogP contribution in [0.15, 0.2) is 11.4 Å². The lowest BCUT2D eigenvalue weighted by Crippen LogP contribution is -2.51. The molecule has 2 N–H and O–H groups in total. The predicted molar refractivity (Wildman–Crippen MR) is 112 cm³/mol. The van der Waals surface area contributed by atoms with Gasteiger partial charge < -0.3 is 10.4 Å². The topological polar surface area (TPSA) is 75.1 Å². The Bertz CT molecular complexity index is 692. The highest BCUT2D eigenvalue weighted by molar-refractivity contribution is 7.98. The number of nitrogens with one attached hydrogen (secondary N) is 1. The van der Waals surface area contributed by atoms with Crippen LogP contribution < -0.4 is 5.32 Å². The summed E-state index contributed by atoms with van der Waals surface area (Å²) in [5.41, 5.74) is 1.62. The first-order valence-corrected chi connectivity index (χ1v) is 12.2. The Balaban J connectivity index is 1.56. The number of aliphatic hydroxyl groups is 1. The van der Waals surface area contributed by atoms with E-state index in [2.05, 4.69) is 10.3 Å². The van der Waals surface area contributed by atoms with Crippen LogP contribution in [0.1, 0.15) is 86.2 Å². The van der Waals surface area contributed by atoms with Gasteiger partial charge in [0.25, 0.3) is 5.91 Å². The van der Waals surface area contributed by atoms with E-state index in [1.54, 1.807) is 6.20 Å². The molecule has 1 heterocycles. The number of nitrogens with zero attached hydrogens (tertiary/aromatic N) is 2. The van der Waals surface area contributed by atoms with Gasteiger partial charge in [-0.25, -0.2) is 9.97 Å². The van der Waals surface area contributed by atoms with Crippen LogP contribution in [0.25, 0.3) is 0 Å². The van der Waals surface area contributed by atoms with Gasteiger partial charge in [0.15, 0.2) is 5.16 Å². The second kappa shape index (κ2) is 9.12. The molecule has 0 spiro atoms. The van der Waals surface area contributed by atoms with Crippen LogP contribution >= 0.6 is 11.8 Å². The van der Waals surface area contributed by atoms with Gasteiger partial charge in [0, 0.05) is 24.8 Å². The average Bonchev–Trinajstić information content (AvgIpc) is 3.25. The quantitative estimate of drug-likeness (QED) is 0.551. The molecule has 1 aromatic heterocycles. The van der Waals surface area contributed by atoms with E-state index >= 15 is 0 Å². The molecule has 4 unspecified atom stereocenters. The second-order valence-corrected chi connectivity index (χ2v) is 9.71. The molecule has 3 aliphatic carbocycles. The van der Waals surface area contributed by atoms with Crippen LogP contribution in [0, 0.1) is 17.8 Å². The minimum Gasteiger partial charge on any atom is -0.396 e. The molecule has 3 saturated carbocycles. The minimum absolute atomic E-state index is 0.00786. The summed E-state index contributed by atoms with van der Waals surface area (Å²) in [5.74, 6) is 2.09. The molecule has 1 amide bonds. The van der Waals surface area contributed by atoms with Crippen molar-refractivity contribution in [2.45, 2.75) is 81.3 Å². The molecule has 6 heteroatoms. The molecule has 28 heavy (non-hydrogen) atoms. The number of hydrogen-bond acceptors (Lipinski definition) is 5. The van der Waals surface area contributed by atoms with Crippen molar-refractivity contribution in [1.82, 2.24) is 15.3 Å². The lowest BCUT2D eigenvalue weighted by molar-refractivity contribution is 0.0608. The Hall–Kier alpha value is -1.14. The van der Waals surface area contributed by atoms with E-state index in [1.165, 1.54) is 50.3 Å². The van der Waals surface area contributed by atoms with Crippen molar-refractivity contribution in [1.29, 1.82) is 0 Å². The largest absolute Gasteiger partial charge is 0.396 e. The van der Waals surface area contributed by atoms with Gasteiger partial charge in [-0.3, -0.25) is 4.79 Å². The van der Waals surface area contributed by atoms with Crippen LogP contribution in [0.4, 0.5) is 0 Å². The fourth-order valence-electron chi connectivity index (χ4n) is 5.92. The Morgan fingerprint density at radius 2 is 2.04 bits per heavy atom.